The minimum absolute atomic E-state index is 0.860. The second-order valence-electron chi connectivity index (χ2n) is 2.69. The van der Waals surface area contributed by atoms with E-state index in [1.54, 1.807) is 18.7 Å². The normalized spacial score (nSPS) is 9.92. The van der Waals surface area contributed by atoms with Crippen LogP contribution in [0.25, 0.3) is 11.1 Å². The summed E-state index contributed by atoms with van der Waals surface area (Å²) in [4.78, 5) is 4.13. The quantitative estimate of drug-likeness (QED) is 0.759. The van der Waals surface area contributed by atoms with Gasteiger partial charge >= 0.3 is 0 Å². The van der Waals surface area contributed by atoms with E-state index in [0.717, 1.165) is 16.9 Å². The van der Waals surface area contributed by atoms with Gasteiger partial charge in [-0.25, -0.2) is 4.98 Å². The van der Waals surface area contributed by atoms with Crippen LogP contribution in [0.2, 0.25) is 0 Å². The Labute approximate surface area is 76.4 Å². The van der Waals surface area contributed by atoms with Gasteiger partial charge in [-0.3, -0.25) is 0 Å². The van der Waals surface area contributed by atoms with Crippen LogP contribution in [0.15, 0.2) is 41.3 Å². The third-order valence-electron chi connectivity index (χ3n) is 1.87. The molecule has 1 N–H and O–H groups in total. The summed E-state index contributed by atoms with van der Waals surface area (Å²) in [6, 6.07) is 5.85. The van der Waals surface area contributed by atoms with Gasteiger partial charge in [0.25, 0.3) is 0 Å². The van der Waals surface area contributed by atoms with Crippen LogP contribution in [0.4, 0.5) is 5.82 Å². The summed E-state index contributed by atoms with van der Waals surface area (Å²) in [6.07, 6.45) is 5.15. The monoisotopic (exact) mass is 174 g/mol. The third-order valence-corrected chi connectivity index (χ3v) is 1.87. The lowest BCUT2D eigenvalue weighted by Crippen LogP contribution is -1.90. The highest BCUT2D eigenvalue weighted by Crippen LogP contribution is 2.20. The van der Waals surface area contributed by atoms with E-state index < -0.39 is 0 Å². The summed E-state index contributed by atoms with van der Waals surface area (Å²) < 4.78 is 5.00. The molecule has 2 rings (SSSR count). The van der Waals surface area contributed by atoms with Crippen LogP contribution in [0.3, 0.4) is 0 Å². The van der Waals surface area contributed by atoms with E-state index in [-0.39, 0.29) is 0 Å². The average Bonchev–Trinajstić information content (AvgIpc) is 2.71. The molecule has 2 aromatic rings. The molecule has 0 amide bonds. The van der Waals surface area contributed by atoms with Crippen LogP contribution in [0.5, 0.6) is 0 Å². The molecule has 0 aliphatic rings. The molecule has 2 aromatic heterocycles. The molecule has 0 atom stereocenters. The van der Waals surface area contributed by atoms with E-state index in [4.69, 9.17) is 4.42 Å². The Balaban J connectivity index is 2.41. The summed E-state index contributed by atoms with van der Waals surface area (Å²) >= 11 is 0. The molecule has 0 saturated carbocycles. The highest BCUT2D eigenvalue weighted by atomic mass is 16.3. The molecule has 0 aliphatic carbocycles. The number of rotatable bonds is 2. The smallest absolute Gasteiger partial charge is 0.126 e. The molecular weight excluding hydrogens is 164 g/mol. The molecule has 0 bridgehead atoms. The van der Waals surface area contributed by atoms with E-state index in [1.165, 1.54) is 0 Å². The Morgan fingerprint density at radius 2 is 2.23 bits per heavy atom. The molecule has 0 aliphatic heterocycles. The number of furan rings is 1. The fourth-order valence-corrected chi connectivity index (χ4v) is 1.18. The molecule has 3 heteroatoms. The summed E-state index contributed by atoms with van der Waals surface area (Å²) in [5.74, 6) is 0.860. The van der Waals surface area contributed by atoms with Crippen LogP contribution < -0.4 is 5.32 Å². The van der Waals surface area contributed by atoms with Gasteiger partial charge in [0.05, 0.1) is 12.5 Å². The molecule has 0 radical (unpaired) electrons. The molecule has 0 saturated heterocycles. The second kappa shape index (κ2) is 3.31. The van der Waals surface area contributed by atoms with Crippen molar-refractivity contribution in [2.24, 2.45) is 0 Å². The molecule has 0 spiro atoms. The van der Waals surface area contributed by atoms with Crippen molar-refractivity contribution < 1.29 is 4.42 Å². The standard InChI is InChI=1S/C10H10N2O/c1-11-10-6-8(2-4-12-10)9-3-5-13-7-9/h2-7H,1H3,(H,11,12). The molecular formula is C10H10N2O. The van der Waals surface area contributed by atoms with Crippen molar-refractivity contribution in [3.63, 3.8) is 0 Å². The minimum atomic E-state index is 0.860. The molecule has 0 fully saturated rings. The van der Waals surface area contributed by atoms with E-state index in [1.807, 2.05) is 25.2 Å². The molecule has 0 unspecified atom stereocenters. The Bertz CT molecular complexity index is 382. The van der Waals surface area contributed by atoms with Crippen molar-refractivity contribution >= 4 is 5.82 Å². The number of anilines is 1. The highest BCUT2D eigenvalue weighted by Gasteiger charge is 1.99. The summed E-state index contributed by atoms with van der Waals surface area (Å²) in [5.41, 5.74) is 2.17. The number of aromatic nitrogens is 1. The maximum atomic E-state index is 5.00. The van der Waals surface area contributed by atoms with Crippen LogP contribution in [0, 0.1) is 0 Å². The first kappa shape index (κ1) is 7.86. The predicted molar refractivity (Wildman–Crippen MR) is 51.5 cm³/mol. The van der Waals surface area contributed by atoms with Crippen LogP contribution >= 0.6 is 0 Å². The van der Waals surface area contributed by atoms with Crippen molar-refractivity contribution in [3.05, 3.63) is 36.9 Å². The Kier molecular flexibility index (Phi) is 2.00. The highest BCUT2D eigenvalue weighted by molar-refractivity contribution is 5.64. The Morgan fingerprint density at radius 1 is 1.31 bits per heavy atom. The van der Waals surface area contributed by atoms with Gasteiger partial charge in [0.15, 0.2) is 0 Å². The first-order valence-electron chi connectivity index (χ1n) is 4.06. The molecule has 3 nitrogen and oxygen atoms in total. The van der Waals surface area contributed by atoms with E-state index >= 15 is 0 Å². The van der Waals surface area contributed by atoms with Crippen molar-refractivity contribution in [3.8, 4) is 11.1 Å². The van der Waals surface area contributed by atoms with Gasteiger partial charge in [0, 0.05) is 18.8 Å². The van der Waals surface area contributed by atoms with E-state index in [2.05, 4.69) is 10.3 Å². The van der Waals surface area contributed by atoms with Gasteiger partial charge < -0.3 is 9.73 Å². The summed E-state index contributed by atoms with van der Waals surface area (Å²) in [6.45, 7) is 0. The third kappa shape index (κ3) is 1.54. The Morgan fingerprint density at radius 3 is 2.92 bits per heavy atom. The molecule has 13 heavy (non-hydrogen) atoms. The van der Waals surface area contributed by atoms with E-state index in [0.29, 0.717) is 0 Å². The lowest BCUT2D eigenvalue weighted by molar-refractivity contribution is 0.568. The first-order valence-corrected chi connectivity index (χ1v) is 4.06. The van der Waals surface area contributed by atoms with Gasteiger partial charge in [-0.15, -0.1) is 0 Å². The number of pyridine rings is 1. The van der Waals surface area contributed by atoms with Crippen molar-refractivity contribution in [2.45, 2.75) is 0 Å². The fraction of sp³-hybridized carbons (Fsp3) is 0.100. The molecule has 66 valence electrons. The SMILES string of the molecule is CNc1cc(-c2ccoc2)ccn1. The number of nitrogens with zero attached hydrogens (tertiary/aromatic N) is 1. The van der Waals surface area contributed by atoms with E-state index in [9.17, 15) is 0 Å². The predicted octanol–water partition coefficient (Wildman–Crippen LogP) is 2.38. The van der Waals surface area contributed by atoms with Crippen molar-refractivity contribution in [2.75, 3.05) is 12.4 Å². The maximum Gasteiger partial charge on any atom is 0.126 e. The van der Waals surface area contributed by atoms with Gasteiger partial charge in [-0.05, 0) is 23.8 Å². The summed E-state index contributed by atoms with van der Waals surface area (Å²) in [5, 5.41) is 2.99. The van der Waals surface area contributed by atoms with Crippen molar-refractivity contribution in [1.82, 2.24) is 4.98 Å². The van der Waals surface area contributed by atoms with Gasteiger partial charge in [0.1, 0.15) is 5.82 Å². The fourth-order valence-electron chi connectivity index (χ4n) is 1.18. The zero-order chi connectivity index (χ0) is 9.10. The molecule has 2 heterocycles. The largest absolute Gasteiger partial charge is 0.472 e. The van der Waals surface area contributed by atoms with Crippen molar-refractivity contribution in [1.29, 1.82) is 0 Å². The Hall–Kier alpha value is -1.77. The molecule has 0 aromatic carbocycles. The van der Waals surface area contributed by atoms with Gasteiger partial charge in [0.2, 0.25) is 0 Å². The van der Waals surface area contributed by atoms with Gasteiger partial charge in [-0.2, -0.15) is 0 Å². The number of nitrogens with one attached hydrogen (secondary N) is 1. The first-order chi connectivity index (χ1) is 6.40. The lowest BCUT2D eigenvalue weighted by atomic mass is 10.1. The number of hydrogen-bond acceptors (Lipinski definition) is 3. The second-order valence-corrected chi connectivity index (χ2v) is 2.69. The average molecular weight is 174 g/mol. The van der Waals surface area contributed by atoms with Crippen LogP contribution in [-0.4, -0.2) is 12.0 Å². The zero-order valence-corrected chi connectivity index (χ0v) is 7.32. The van der Waals surface area contributed by atoms with Crippen LogP contribution in [0.1, 0.15) is 0 Å². The van der Waals surface area contributed by atoms with Gasteiger partial charge in [-0.1, -0.05) is 0 Å². The zero-order valence-electron chi connectivity index (χ0n) is 7.32. The topological polar surface area (TPSA) is 38.1 Å². The van der Waals surface area contributed by atoms with Crippen LogP contribution in [-0.2, 0) is 0 Å². The number of hydrogen-bond donors (Lipinski definition) is 1. The summed E-state index contributed by atoms with van der Waals surface area (Å²) in [7, 11) is 1.85. The minimum Gasteiger partial charge on any atom is -0.472 e. The lowest BCUT2D eigenvalue weighted by Gasteiger charge is -2.00. The maximum absolute atomic E-state index is 5.00.